The summed E-state index contributed by atoms with van der Waals surface area (Å²) in [6, 6.07) is 1.97. The number of nitrogens with one attached hydrogen (secondary N) is 1. The van der Waals surface area contributed by atoms with Crippen LogP contribution in [-0.4, -0.2) is 44.4 Å². The van der Waals surface area contributed by atoms with Crippen LogP contribution in [0, 0.1) is 11.7 Å². The lowest BCUT2D eigenvalue weighted by Gasteiger charge is -2.28. The molecule has 2 aliphatic carbocycles. The SMILES string of the molecule is Cc1cc2ncnn2cc1Nc1ncc2c(n1)n(C13CCC(O)(CC1)C3)c(=S)n2C. The molecule has 0 aliphatic heterocycles. The predicted molar refractivity (Wildman–Crippen MR) is 114 cm³/mol. The van der Waals surface area contributed by atoms with Crippen molar-refractivity contribution in [2.75, 3.05) is 5.32 Å². The van der Waals surface area contributed by atoms with Crippen LogP contribution in [-0.2, 0) is 12.6 Å². The molecule has 0 atom stereocenters. The van der Waals surface area contributed by atoms with Crippen molar-refractivity contribution in [3.05, 3.63) is 35.1 Å². The summed E-state index contributed by atoms with van der Waals surface area (Å²) in [4.78, 5) is 13.6. The number of hydrogen-bond donors (Lipinski definition) is 2. The minimum atomic E-state index is -0.560. The molecule has 0 amide bonds. The van der Waals surface area contributed by atoms with Gasteiger partial charge in [-0.3, -0.25) is 4.57 Å². The molecule has 2 N–H and O–H groups in total. The summed E-state index contributed by atoms with van der Waals surface area (Å²) in [5.41, 5.74) is 3.67. The summed E-state index contributed by atoms with van der Waals surface area (Å²) in [5, 5.41) is 18.3. The highest BCUT2D eigenvalue weighted by molar-refractivity contribution is 7.71. The third kappa shape index (κ3) is 2.40. The Hall–Kier alpha value is -2.85. The van der Waals surface area contributed by atoms with Gasteiger partial charge in [-0.1, -0.05) is 0 Å². The number of aryl methyl sites for hydroxylation is 2. The van der Waals surface area contributed by atoms with Crippen LogP contribution in [0.2, 0.25) is 0 Å². The van der Waals surface area contributed by atoms with E-state index in [0.717, 1.165) is 64.9 Å². The van der Waals surface area contributed by atoms with Gasteiger partial charge in [-0.15, -0.1) is 0 Å². The minimum Gasteiger partial charge on any atom is -0.390 e. The fourth-order valence-electron chi connectivity index (χ4n) is 5.26. The average Bonchev–Trinajstić information content (AvgIpc) is 3.45. The van der Waals surface area contributed by atoms with Gasteiger partial charge < -0.3 is 15.0 Å². The van der Waals surface area contributed by atoms with Gasteiger partial charge in [-0.2, -0.15) is 10.1 Å². The van der Waals surface area contributed by atoms with E-state index in [1.165, 1.54) is 6.33 Å². The van der Waals surface area contributed by atoms with Crippen molar-refractivity contribution in [2.45, 2.75) is 50.2 Å². The summed E-state index contributed by atoms with van der Waals surface area (Å²) >= 11 is 5.80. The second-order valence-electron chi connectivity index (χ2n) is 8.76. The molecule has 2 fully saturated rings. The molecule has 0 saturated heterocycles. The lowest BCUT2D eigenvalue weighted by Crippen LogP contribution is -2.29. The molecule has 2 aliphatic rings. The van der Waals surface area contributed by atoms with E-state index < -0.39 is 5.60 Å². The van der Waals surface area contributed by atoms with Gasteiger partial charge in [-0.25, -0.2) is 14.5 Å². The van der Waals surface area contributed by atoms with E-state index in [-0.39, 0.29) is 5.54 Å². The quantitative estimate of drug-likeness (QED) is 0.490. The fourth-order valence-corrected chi connectivity index (χ4v) is 5.64. The fraction of sp³-hybridized carbons (Fsp3) is 0.450. The Kier molecular flexibility index (Phi) is 3.51. The number of pyridine rings is 1. The first-order valence-electron chi connectivity index (χ1n) is 10.1. The van der Waals surface area contributed by atoms with E-state index in [1.807, 2.05) is 37.0 Å². The summed E-state index contributed by atoms with van der Waals surface area (Å²) in [5.74, 6) is 0.502. The van der Waals surface area contributed by atoms with E-state index in [0.29, 0.717) is 5.95 Å². The number of fused-ring (bicyclic) bond motifs is 4. The standard InChI is InChI=1S/C20H22N8OS/c1-12-7-15-22-11-23-27(15)9-13(12)24-17-21-8-14-16(25-17)28(18(30)26(14)2)19-3-5-20(29,10-19)6-4-19/h7-9,11,29H,3-6,10H2,1-2H3,(H,21,24,25). The predicted octanol–water partition coefficient (Wildman–Crippen LogP) is 3.00. The van der Waals surface area contributed by atoms with Crippen LogP contribution in [0.4, 0.5) is 11.6 Å². The molecular formula is C20H22N8OS. The molecule has 6 rings (SSSR count). The number of hydrogen-bond acceptors (Lipinski definition) is 7. The molecule has 0 aromatic carbocycles. The van der Waals surface area contributed by atoms with Crippen molar-refractivity contribution in [1.29, 1.82) is 0 Å². The molecule has 10 heteroatoms. The lowest BCUT2D eigenvalue weighted by molar-refractivity contribution is 0.0521. The number of anilines is 2. The molecule has 0 spiro atoms. The Balaban J connectivity index is 1.47. The van der Waals surface area contributed by atoms with Crippen molar-refractivity contribution in [3.63, 3.8) is 0 Å². The maximum absolute atomic E-state index is 10.8. The molecule has 4 heterocycles. The molecule has 4 aromatic heterocycles. The normalized spacial score (nSPS) is 25.6. The van der Waals surface area contributed by atoms with Crippen LogP contribution in [0.25, 0.3) is 16.8 Å². The van der Waals surface area contributed by atoms with Crippen molar-refractivity contribution < 1.29 is 5.11 Å². The minimum absolute atomic E-state index is 0.160. The zero-order valence-corrected chi connectivity index (χ0v) is 17.6. The maximum atomic E-state index is 10.8. The van der Waals surface area contributed by atoms with Crippen LogP contribution < -0.4 is 5.32 Å². The van der Waals surface area contributed by atoms with E-state index in [9.17, 15) is 5.11 Å². The van der Waals surface area contributed by atoms with Gasteiger partial charge in [0.25, 0.3) is 0 Å². The molecule has 9 nitrogen and oxygen atoms in total. The van der Waals surface area contributed by atoms with Gasteiger partial charge in [-0.05, 0) is 62.9 Å². The molecule has 2 saturated carbocycles. The smallest absolute Gasteiger partial charge is 0.229 e. The Morgan fingerprint density at radius 3 is 2.73 bits per heavy atom. The van der Waals surface area contributed by atoms with Gasteiger partial charge in [0.2, 0.25) is 5.95 Å². The third-order valence-electron chi connectivity index (χ3n) is 6.91. The van der Waals surface area contributed by atoms with Crippen LogP contribution in [0.3, 0.4) is 0 Å². The zero-order chi connectivity index (χ0) is 20.7. The topological polar surface area (TPSA) is 98.1 Å². The summed E-state index contributed by atoms with van der Waals surface area (Å²) in [6.45, 7) is 2.01. The largest absolute Gasteiger partial charge is 0.390 e. The van der Waals surface area contributed by atoms with Gasteiger partial charge in [0.1, 0.15) is 11.8 Å². The molecule has 4 aromatic rings. The highest BCUT2D eigenvalue weighted by Gasteiger charge is 2.55. The van der Waals surface area contributed by atoms with E-state index in [1.54, 1.807) is 4.52 Å². The Labute approximate surface area is 177 Å². The first-order valence-corrected chi connectivity index (χ1v) is 10.5. The van der Waals surface area contributed by atoms with Gasteiger partial charge >= 0.3 is 0 Å². The van der Waals surface area contributed by atoms with Gasteiger partial charge in [0.15, 0.2) is 16.1 Å². The Morgan fingerprint density at radius 1 is 1.20 bits per heavy atom. The van der Waals surface area contributed by atoms with Crippen molar-refractivity contribution in [3.8, 4) is 0 Å². The van der Waals surface area contributed by atoms with Gasteiger partial charge in [0.05, 0.1) is 29.2 Å². The molecule has 0 unspecified atom stereocenters. The number of nitrogens with zero attached hydrogens (tertiary/aromatic N) is 7. The highest BCUT2D eigenvalue weighted by atomic mass is 32.1. The molecule has 2 bridgehead atoms. The van der Waals surface area contributed by atoms with Crippen molar-refractivity contribution >= 4 is 40.7 Å². The van der Waals surface area contributed by atoms with E-state index in [2.05, 4.69) is 25.0 Å². The zero-order valence-electron chi connectivity index (χ0n) is 16.8. The molecule has 30 heavy (non-hydrogen) atoms. The summed E-state index contributed by atoms with van der Waals surface area (Å²) < 4.78 is 6.58. The van der Waals surface area contributed by atoms with Gasteiger partial charge in [0, 0.05) is 7.05 Å². The van der Waals surface area contributed by atoms with Crippen LogP contribution in [0.5, 0.6) is 0 Å². The summed E-state index contributed by atoms with van der Waals surface area (Å²) in [6.07, 6.45) is 9.45. The van der Waals surface area contributed by atoms with Crippen molar-refractivity contribution in [1.82, 2.24) is 33.7 Å². The van der Waals surface area contributed by atoms with Crippen LogP contribution >= 0.6 is 12.2 Å². The number of imidazole rings is 1. The summed E-state index contributed by atoms with van der Waals surface area (Å²) in [7, 11) is 1.95. The second-order valence-corrected chi connectivity index (χ2v) is 9.13. The lowest BCUT2D eigenvalue weighted by atomic mass is 9.92. The number of aromatic nitrogens is 7. The second kappa shape index (κ2) is 5.86. The number of rotatable bonds is 3. The van der Waals surface area contributed by atoms with E-state index >= 15 is 0 Å². The average molecular weight is 423 g/mol. The first kappa shape index (κ1) is 18.0. The van der Waals surface area contributed by atoms with E-state index in [4.69, 9.17) is 17.2 Å². The molecule has 154 valence electrons. The maximum Gasteiger partial charge on any atom is 0.229 e. The van der Waals surface area contributed by atoms with Crippen LogP contribution in [0.15, 0.2) is 24.8 Å². The highest BCUT2D eigenvalue weighted by Crippen LogP contribution is 2.55. The first-order chi connectivity index (χ1) is 14.4. The molecular weight excluding hydrogens is 400 g/mol. The third-order valence-corrected chi connectivity index (χ3v) is 7.37. The number of aliphatic hydroxyl groups is 1. The Morgan fingerprint density at radius 2 is 2.00 bits per heavy atom. The van der Waals surface area contributed by atoms with Crippen molar-refractivity contribution in [2.24, 2.45) is 7.05 Å². The monoisotopic (exact) mass is 422 g/mol. The molecule has 0 radical (unpaired) electrons. The van der Waals surface area contributed by atoms with Crippen LogP contribution in [0.1, 0.15) is 37.7 Å². The Bertz CT molecular complexity index is 1370.